The Hall–Kier alpha value is -4.15. The first-order chi connectivity index (χ1) is 17.3. The lowest BCUT2D eigenvalue weighted by molar-refractivity contribution is 0.0827. The highest BCUT2D eigenvalue weighted by Crippen LogP contribution is 2.33. The van der Waals surface area contributed by atoms with E-state index in [0.717, 1.165) is 6.07 Å². The first-order valence-electron chi connectivity index (χ1n) is 11.5. The van der Waals surface area contributed by atoms with E-state index in [1.807, 2.05) is 0 Å². The van der Waals surface area contributed by atoms with Gasteiger partial charge < -0.3 is 19.7 Å². The molecule has 1 aliphatic heterocycles. The summed E-state index contributed by atoms with van der Waals surface area (Å²) in [6.45, 7) is 1.34. The number of hydrogen-bond donors (Lipinski definition) is 1. The Morgan fingerprint density at radius 2 is 1.81 bits per heavy atom. The quantitative estimate of drug-likeness (QED) is 0.438. The molecule has 0 saturated carbocycles. The highest BCUT2D eigenvalue weighted by molar-refractivity contribution is 5.95. The Kier molecular flexibility index (Phi) is 6.21. The van der Waals surface area contributed by atoms with Crippen molar-refractivity contribution in [2.45, 2.75) is 18.9 Å². The largest absolute Gasteiger partial charge is 0.356 e. The van der Waals surface area contributed by atoms with Crippen molar-refractivity contribution < 1.29 is 18.0 Å². The number of aromatic nitrogens is 4. The van der Waals surface area contributed by atoms with Crippen molar-refractivity contribution in [3.05, 3.63) is 72.1 Å². The fourth-order valence-corrected chi connectivity index (χ4v) is 4.48. The van der Waals surface area contributed by atoms with Gasteiger partial charge in [-0.3, -0.25) is 4.79 Å². The van der Waals surface area contributed by atoms with Crippen LogP contribution < -0.4 is 10.2 Å². The fraction of sp³-hybridized carbons (Fsp3) is 0.280. The van der Waals surface area contributed by atoms with Crippen molar-refractivity contribution >= 4 is 34.3 Å². The van der Waals surface area contributed by atoms with Gasteiger partial charge in [0.15, 0.2) is 5.82 Å². The molecule has 8 nitrogen and oxygen atoms in total. The van der Waals surface area contributed by atoms with Gasteiger partial charge in [0, 0.05) is 45.0 Å². The lowest BCUT2D eigenvalue weighted by Gasteiger charge is -2.33. The minimum absolute atomic E-state index is 0.00971. The molecule has 1 fully saturated rings. The van der Waals surface area contributed by atoms with Crippen LogP contribution in [0.15, 0.2) is 49.1 Å². The SMILES string of the molecule is CN(C)C(=O)c1ccc(Nc2ncnc3c2c(F)cn3C2CCN(c3ccc(F)cn3)CC2)c(F)c1. The second-order valence-electron chi connectivity index (χ2n) is 8.88. The van der Waals surface area contributed by atoms with Crippen LogP contribution in [0.4, 0.5) is 30.5 Å². The summed E-state index contributed by atoms with van der Waals surface area (Å²) < 4.78 is 44.9. The van der Waals surface area contributed by atoms with Crippen molar-refractivity contribution in [1.29, 1.82) is 0 Å². The Morgan fingerprint density at radius 1 is 1.03 bits per heavy atom. The molecule has 0 bridgehead atoms. The molecule has 0 atom stereocenters. The smallest absolute Gasteiger partial charge is 0.253 e. The third-order valence-corrected chi connectivity index (χ3v) is 6.33. The highest BCUT2D eigenvalue weighted by atomic mass is 19.1. The average Bonchev–Trinajstić information content (AvgIpc) is 3.22. The Bertz CT molecular complexity index is 1410. The van der Waals surface area contributed by atoms with E-state index >= 15 is 4.39 Å². The van der Waals surface area contributed by atoms with Gasteiger partial charge in [0.05, 0.1) is 17.3 Å². The summed E-state index contributed by atoms with van der Waals surface area (Å²) in [4.78, 5) is 28.1. The zero-order valence-corrected chi connectivity index (χ0v) is 19.8. The molecule has 1 N–H and O–H groups in total. The monoisotopic (exact) mass is 495 g/mol. The molecule has 0 unspecified atom stereocenters. The number of fused-ring (bicyclic) bond motifs is 1. The van der Waals surface area contributed by atoms with Gasteiger partial charge in [0.25, 0.3) is 5.91 Å². The minimum atomic E-state index is -0.656. The van der Waals surface area contributed by atoms with Crippen molar-refractivity contribution in [2.75, 3.05) is 37.4 Å². The zero-order chi connectivity index (χ0) is 25.4. The number of benzene rings is 1. The standard InChI is InChI=1S/C25H24F3N7O/c1-33(2)25(36)15-3-5-20(18(27)11-15)32-23-22-19(28)13-35(24(22)31-14-30-23)17-7-9-34(10-8-17)21-6-4-16(26)12-29-21/h3-6,11-14,17H,7-10H2,1-2H3,(H,30,31,32). The molecule has 4 heterocycles. The summed E-state index contributed by atoms with van der Waals surface area (Å²) in [5.74, 6) is -1.05. The zero-order valence-electron chi connectivity index (χ0n) is 19.8. The molecule has 1 amide bonds. The Balaban J connectivity index is 1.38. The molecule has 11 heteroatoms. The number of nitrogens with one attached hydrogen (secondary N) is 1. The van der Waals surface area contributed by atoms with Crippen LogP contribution in [0.2, 0.25) is 0 Å². The molecule has 0 radical (unpaired) electrons. The third-order valence-electron chi connectivity index (χ3n) is 6.33. The van der Waals surface area contributed by atoms with Crippen LogP contribution in [0, 0.1) is 17.5 Å². The molecule has 4 aromatic rings. The van der Waals surface area contributed by atoms with Gasteiger partial charge in [0.2, 0.25) is 0 Å². The second-order valence-corrected chi connectivity index (χ2v) is 8.88. The maximum atomic E-state index is 15.1. The lowest BCUT2D eigenvalue weighted by atomic mass is 10.0. The van der Waals surface area contributed by atoms with Gasteiger partial charge in [-0.2, -0.15) is 0 Å². The number of nitrogens with zero attached hydrogens (tertiary/aromatic N) is 6. The number of amides is 1. The van der Waals surface area contributed by atoms with Crippen molar-refractivity contribution in [3.8, 4) is 0 Å². The van der Waals surface area contributed by atoms with Gasteiger partial charge in [0.1, 0.15) is 35.2 Å². The minimum Gasteiger partial charge on any atom is -0.356 e. The number of piperidine rings is 1. The van der Waals surface area contributed by atoms with E-state index in [0.29, 0.717) is 37.4 Å². The summed E-state index contributed by atoms with van der Waals surface area (Å²) in [5.41, 5.74) is 0.677. The van der Waals surface area contributed by atoms with Crippen LogP contribution in [0.1, 0.15) is 29.2 Å². The molecular formula is C25H24F3N7O. The first kappa shape index (κ1) is 23.6. The van der Waals surface area contributed by atoms with Gasteiger partial charge in [-0.25, -0.2) is 28.1 Å². The van der Waals surface area contributed by atoms with E-state index in [2.05, 4.69) is 25.2 Å². The van der Waals surface area contributed by atoms with Gasteiger partial charge in [-0.15, -0.1) is 0 Å². The number of carbonyl (C=O) groups excluding carboxylic acids is 1. The Morgan fingerprint density at radius 3 is 2.47 bits per heavy atom. The van der Waals surface area contributed by atoms with Crippen LogP contribution in [0.5, 0.6) is 0 Å². The summed E-state index contributed by atoms with van der Waals surface area (Å²) >= 11 is 0. The van der Waals surface area contributed by atoms with E-state index in [1.54, 1.807) is 24.7 Å². The van der Waals surface area contributed by atoms with Gasteiger partial charge in [-0.05, 0) is 43.2 Å². The maximum Gasteiger partial charge on any atom is 0.253 e. The van der Waals surface area contributed by atoms with Crippen molar-refractivity contribution in [3.63, 3.8) is 0 Å². The second kappa shape index (κ2) is 9.48. The van der Waals surface area contributed by atoms with Gasteiger partial charge >= 0.3 is 0 Å². The molecule has 0 aliphatic carbocycles. The molecule has 1 saturated heterocycles. The lowest BCUT2D eigenvalue weighted by Crippen LogP contribution is -2.35. The number of rotatable bonds is 5. The van der Waals surface area contributed by atoms with E-state index in [1.165, 1.54) is 41.8 Å². The normalized spacial score (nSPS) is 14.3. The van der Waals surface area contributed by atoms with Crippen LogP contribution >= 0.6 is 0 Å². The van der Waals surface area contributed by atoms with E-state index in [4.69, 9.17) is 0 Å². The number of halogens is 3. The summed E-state index contributed by atoms with van der Waals surface area (Å²) in [5, 5.41) is 3.01. The van der Waals surface area contributed by atoms with E-state index in [-0.39, 0.29) is 40.2 Å². The average molecular weight is 496 g/mol. The Labute approximate surface area is 205 Å². The number of pyridine rings is 1. The van der Waals surface area contributed by atoms with Crippen LogP contribution in [-0.4, -0.2) is 57.5 Å². The molecule has 1 aromatic carbocycles. The van der Waals surface area contributed by atoms with Gasteiger partial charge in [-0.1, -0.05) is 0 Å². The summed E-state index contributed by atoms with van der Waals surface area (Å²) in [6, 6.07) is 7.07. The summed E-state index contributed by atoms with van der Waals surface area (Å²) in [6.07, 6.45) is 5.32. The van der Waals surface area contributed by atoms with Crippen molar-refractivity contribution in [2.24, 2.45) is 0 Å². The molecule has 0 spiro atoms. The first-order valence-corrected chi connectivity index (χ1v) is 11.5. The van der Waals surface area contributed by atoms with Crippen LogP contribution in [0.3, 0.4) is 0 Å². The number of carbonyl (C=O) groups is 1. The molecule has 36 heavy (non-hydrogen) atoms. The highest BCUT2D eigenvalue weighted by Gasteiger charge is 2.25. The number of hydrogen-bond acceptors (Lipinski definition) is 6. The van der Waals surface area contributed by atoms with E-state index < -0.39 is 11.6 Å². The van der Waals surface area contributed by atoms with Crippen LogP contribution in [0.25, 0.3) is 11.0 Å². The predicted molar refractivity (Wildman–Crippen MR) is 130 cm³/mol. The molecular weight excluding hydrogens is 471 g/mol. The topological polar surface area (TPSA) is 79.2 Å². The van der Waals surface area contributed by atoms with Crippen LogP contribution in [-0.2, 0) is 0 Å². The molecule has 3 aromatic heterocycles. The maximum absolute atomic E-state index is 15.1. The fourth-order valence-electron chi connectivity index (χ4n) is 4.48. The molecule has 186 valence electrons. The molecule has 5 rings (SSSR count). The predicted octanol–water partition coefficient (Wildman–Crippen LogP) is 4.53. The summed E-state index contributed by atoms with van der Waals surface area (Å²) in [7, 11) is 3.17. The number of anilines is 3. The van der Waals surface area contributed by atoms with E-state index in [9.17, 15) is 13.6 Å². The van der Waals surface area contributed by atoms with Crippen molar-refractivity contribution in [1.82, 2.24) is 24.4 Å². The third kappa shape index (κ3) is 4.43. The molecule has 1 aliphatic rings.